The van der Waals surface area contributed by atoms with Gasteiger partial charge in [-0.2, -0.15) is 0 Å². The van der Waals surface area contributed by atoms with Gasteiger partial charge in [-0.15, -0.1) is 0 Å². The molecule has 0 fully saturated rings. The van der Waals surface area contributed by atoms with Crippen LogP contribution in [0.1, 0.15) is 89.8 Å². The minimum absolute atomic E-state index is 0.0453. The third-order valence-electron chi connectivity index (χ3n) is 6.33. The summed E-state index contributed by atoms with van der Waals surface area (Å²) in [5.41, 5.74) is 2.58. The fourth-order valence-corrected chi connectivity index (χ4v) is 4.40. The third kappa shape index (κ3) is 6.32. The average molecular weight is 401 g/mol. The van der Waals surface area contributed by atoms with Gasteiger partial charge in [0.2, 0.25) is 11.8 Å². The van der Waals surface area contributed by atoms with Crippen molar-refractivity contribution >= 4 is 11.8 Å². The van der Waals surface area contributed by atoms with Crippen molar-refractivity contribution in [3.05, 3.63) is 35.4 Å². The molecule has 2 amide bonds. The van der Waals surface area contributed by atoms with Crippen LogP contribution in [0, 0.1) is 5.92 Å². The zero-order valence-corrected chi connectivity index (χ0v) is 19.0. The van der Waals surface area contributed by atoms with Gasteiger partial charge >= 0.3 is 0 Å². The van der Waals surface area contributed by atoms with E-state index >= 15 is 0 Å². The lowest BCUT2D eigenvalue weighted by molar-refractivity contribution is -0.144. The Morgan fingerprint density at radius 3 is 2.52 bits per heavy atom. The fraction of sp³-hybridized carbons (Fsp3) is 0.680. The molecule has 1 aromatic carbocycles. The van der Waals surface area contributed by atoms with Gasteiger partial charge in [-0.1, -0.05) is 70.7 Å². The summed E-state index contributed by atoms with van der Waals surface area (Å²) in [5, 5.41) is 0. The first kappa shape index (κ1) is 23.4. The van der Waals surface area contributed by atoms with Gasteiger partial charge in [0, 0.05) is 19.0 Å². The molecular formula is C25H40N2O2. The fourth-order valence-electron chi connectivity index (χ4n) is 4.40. The van der Waals surface area contributed by atoms with Gasteiger partial charge in [-0.25, -0.2) is 0 Å². The molecular weight excluding hydrogens is 360 g/mol. The van der Waals surface area contributed by atoms with Crippen LogP contribution in [-0.2, 0) is 16.0 Å². The monoisotopic (exact) mass is 400 g/mol. The van der Waals surface area contributed by atoms with Crippen LogP contribution in [0.15, 0.2) is 24.3 Å². The maximum absolute atomic E-state index is 13.2. The van der Waals surface area contributed by atoms with Crippen molar-refractivity contribution in [2.75, 3.05) is 19.6 Å². The summed E-state index contributed by atoms with van der Waals surface area (Å²) < 4.78 is 0. The molecule has 0 N–H and O–H groups in total. The molecule has 1 heterocycles. The lowest BCUT2D eigenvalue weighted by atomic mass is 9.93. The Morgan fingerprint density at radius 2 is 1.83 bits per heavy atom. The molecule has 1 aliphatic rings. The molecule has 0 aromatic heterocycles. The minimum Gasteiger partial charge on any atom is -0.334 e. The van der Waals surface area contributed by atoms with Gasteiger partial charge < -0.3 is 9.80 Å². The lowest BCUT2D eigenvalue weighted by Crippen LogP contribution is -2.47. The summed E-state index contributed by atoms with van der Waals surface area (Å²) in [6.45, 7) is 10.2. The SMILES string of the molecule is CCCCCN(CC(=O)N1CCc2ccccc2C1C)C(=O)C(CC)CCCC. The summed E-state index contributed by atoms with van der Waals surface area (Å²) >= 11 is 0. The molecule has 0 spiro atoms. The zero-order valence-electron chi connectivity index (χ0n) is 19.0. The second-order valence-corrected chi connectivity index (χ2v) is 8.43. The van der Waals surface area contributed by atoms with Crippen molar-refractivity contribution in [1.29, 1.82) is 0 Å². The molecule has 0 bridgehead atoms. The van der Waals surface area contributed by atoms with Crippen LogP contribution in [0.3, 0.4) is 0 Å². The molecule has 2 rings (SSSR count). The Labute approximate surface area is 177 Å². The molecule has 1 aliphatic heterocycles. The quantitative estimate of drug-likeness (QED) is 0.469. The van der Waals surface area contributed by atoms with Gasteiger partial charge in [0.1, 0.15) is 0 Å². The molecule has 0 saturated heterocycles. The number of amides is 2. The van der Waals surface area contributed by atoms with Crippen LogP contribution >= 0.6 is 0 Å². The number of hydrogen-bond acceptors (Lipinski definition) is 2. The van der Waals surface area contributed by atoms with E-state index in [-0.39, 0.29) is 30.3 Å². The van der Waals surface area contributed by atoms with Gasteiger partial charge in [0.25, 0.3) is 0 Å². The third-order valence-corrected chi connectivity index (χ3v) is 6.33. The topological polar surface area (TPSA) is 40.6 Å². The van der Waals surface area contributed by atoms with Gasteiger partial charge in [0.05, 0.1) is 12.6 Å². The van der Waals surface area contributed by atoms with Crippen molar-refractivity contribution in [1.82, 2.24) is 9.80 Å². The summed E-state index contributed by atoms with van der Waals surface area (Å²) in [6, 6.07) is 8.47. The van der Waals surface area contributed by atoms with Crippen LogP contribution in [0.4, 0.5) is 0 Å². The summed E-state index contributed by atoms with van der Waals surface area (Å²) in [4.78, 5) is 30.3. The van der Waals surface area contributed by atoms with Gasteiger partial charge in [-0.05, 0) is 43.7 Å². The number of hydrogen-bond donors (Lipinski definition) is 0. The Balaban J connectivity index is 2.09. The maximum Gasteiger partial charge on any atom is 0.242 e. The lowest BCUT2D eigenvalue weighted by Gasteiger charge is -2.37. The van der Waals surface area contributed by atoms with Gasteiger partial charge in [0.15, 0.2) is 0 Å². The maximum atomic E-state index is 13.2. The Morgan fingerprint density at radius 1 is 1.10 bits per heavy atom. The van der Waals surface area contributed by atoms with Crippen molar-refractivity contribution in [3.8, 4) is 0 Å². The summed E-state index contributed by atoms with van der Waals surface area (Å²) in [7, 11) is 0. The van der Waals surface area contributed by atoms with Crippen LogP contribution in [0.5, 0.6) is 0 Å². The van der Waals surface area contributed by atoms with Gasteiger partial charge in [-0.3, -0.25) is 9.59 Å². The van der Waals surface area contributed by atoms with E-state index < -0.39 is 0 Å². The second-order valence-electron chi connectivity index (χ2n) is 8.43. The average Bonchev–Trinajstić information content (AvgIpc) is 2.73. The Kier molecular flexibility index (Phi) is 9.69. The first-order valence-electron chi connectivity index (χ1n) is 11.7. The molecule has 0 saturated carbocycles. The predicted molar refractivity (Wildman–Crippen MR) is 120 cm³/mol. The van der Waals surface area contributed by atoms with Crippen LogP contribution in [0.25, 0.3) is 0 Å². The van der Waals surface area contributed by atoms with Crippen LogP contribution in [-0.4, -0.2) is 41.2 Å². The van der Waals surface area contributed by atoms with E-state index in [2.05, 4.69) is 45.9 Å². The van der Waals surface area contributed by atoms with Crippen molar-refractivity contribution in [2.24, 2.45) is 5.92 Å². The molecule has 0 radical (unpaired) electrons. The van der Waals surface area contributed by atoms with E-state index in [0.717, 1.165) is 57.9 Å². The van der Waals surface area contributed by atoms with E-state index in [1.807, 2.05) is 15.9 Å². The van der Waals surface area contributed by atoms with E-state index in [9.17, 15) is 9.59 Å². The van der Waals surface area contributed by atoms with Crippen LogP contribution < -0.4 is 0 Å². The minimum atomic E-state index is 0.0453. The number of benzene rings is 1. The second kappa shape index (κ2) is 12.0. The van der Waals surface area contributed by atoms with E-state index in [0.29, 0.717) is 6.54 Å². The first-order chi connectivity index (χ1) is 14.0. The standard InChI is InChI=1S/C25H40N2O2/c1-5-8-12-17-26(25(29)21(7-3)13-9-6-2)19-24(28)27-18-16-22-14-10-11-15-23(22)20(27)4/h10-11,14-15,20-21H,5-9,12-13,16-19H2,1-4H3. The van der Waals surface area contributed by atoms with Crippen molar-refractivity contribution in [3.63, 3.8) is 0 Å². The van der Waals surface area contributed by atoms with Crippen LogP contribution in [0.2, 0.25) is 0 Å². The number of rotatable bonds is 11. The zero-order chi connectivity index (χ0) is 21.2. The molecule has 162 valence electrons. The Hall–Kier alpha value is -1.84. The molecule has 1 aromatic rings. The number of nitrogens with zero attached hydrogens (tertiary/aromatic N) is 2. The number of fused-ring (bicyclic) bond motifs is 1. The van der Waals surface area contributed by atoms with E-state index in [1.54, 1.807) is 0 Å². The molecule has 29 heavy (non-hydrogen) atoms. The number of unbranched alkanes of at least 4 members (excludes halogenated alkanes) is 3. The molecule has 2 atom stereocenters. The normalized spacial score (nSPS) is 17.0. The van der Waals surface area contributed by atoms with Crippen molar-refractivity contribution in [2.45, 2.75) is 85.1 Å². The molecule has 4 nitrogen and oxygen atoms in total. The highest BCUT2D eigenvalue weighted by Gasteiger charge is 2.30. The first-order valence-corrected chi connectivity index (χ1v) is 11.7. The summed E-state index contributed by atoms with van der Waals surface area (Å²) in [6.07, 6.45) is 8.02. The van der Waals surface area contributed by atoms with E-state index in [1.165, 1.54) is 11.1 Å². The van der Waals surface area contributed by atoms with Crippen molar-refractivity contribution < 1.29 is 9.59 Å². The smallest absolute Gasteiger partial charge is 0.242 e. The number of carbonyl (C=O) groups is 2. The molecule has 0 aliphatic carbocycles. The highest BCUT2D eigenvalue weighted by atomic mass is 16.2. The Bertz CT molecular complexity index is 658. The molecule has 2 unspecified atom stereocenters. The molecule has 4 heteroatoms. The number of carbonyl (C=O) groups excluding carboxylic acids is 2. The highest BCUT2D eigenvalue weighted by molar-refractivity contribution is 5.86. The predicted octanol–water partition coefficient (Wildman–Crippen LogP) is 5.37. The summed E-state index contributed by atoms with van der Waals surface area (Å²) in [5.74, 6) is 0.307. The largest absolute Gasteiger partial charge is 0.334 e. The highest BCUT2D eigenvalue weighted by Crippen LogP contribution is 2.29. The van der Waals surface area contributed by atoms with E-state index in [4.69, 9.17) is 0 Å².